The fourth-order valence-corrected chi connectivity index (χ4v) is 2.96. The summed E-state index contributed by atoms with van der Waals surface area (Å²) in [5, 5.41) is 3.20. The Morgan fingerprint density at radius 3 is 2.74 bits per heavy atom. The number of piperidine rings is 1. The highest BCUT2D eigenvalue weighted by Crippen LogP contribution is 2.21. The minimum absolute atomic E-state index is 0.400. The summed E-state index contributed by atoms with van der Waals surface area (Å²) in [6, 6.07) is 0.490. The predicted octanol–water partition coefficient (Wildman–Crippen LogP) is 3.34. The molecule has 112 valence electrons. The first-order valence-electron chi connectivity index (χ1n) is 8.23. The summed E-state index contributed by atoms with van der Waals surface area (Å²) in [7, 11) is 1.99. The molecule has 0 aromatic carbocycles. The van der Waals surface area contributed by atoms with Crippen LogP contribution in [0.15, 0.2) is 0 Å². The quantitative estimate of drug-likeness (QED) is 0.651. The molecule has 1 amide bonds. The van der Waals surface area contributed by atoms with E-state index in [1.165, 1.54) is 44.9 Å². The Morgan fingerprint density at radius 1 is 1.21 bits per heavy atom. The Kier molecular flexibility index (Phi) is 8.89. The Bertz CT molecular complexity index is 243. The first kappa shape index (κ1) is 16.5. The summed E-state index contributed by atoms with van der Waals surface area (Å²) < 4.78 is 0. The van der Waals surface area contributed by atoms with Gasteiger partial charge in [-0.3, -0.25) is 4.79 Å². The molecule has 1 unspecified atom stereocenters. The molecule has 1 saturated heterocycles. The van der Waals surface area contributed by atoms with Gasteiger partial charge in [0, 0.05) is 19.0 Å². The van der Waals surface area contributed by atoms with Crippen LogP contribution >= 0.6 is 0 Å². The van der Waals surface area contributed by atoms with Gasteiger partial charge in [-0.1, -0.05) is 32.6 Å². The van der Waals surface area contributed by atoms with E-state index in [1.807, 2.05) is 7.05 Å². The summed E-state index contributed by atoms with van der Waals surface area (Å²) >= 11 is 0. The summed E-state index contributed by atoms with van der Waals surface area (Å²) in [6.07, 6.45) is 11.7. The first-order valence-corrected chi connectivity index (χ1v) is 8.23. The van der Waals surface area contributed by atoms with Crippen LogP contribution in [0, 0.1) is 0 Å². The smallest absolute Gasteiger partial charge is 0.222 e. The Morgan fingerprint density at radius 2 is 2.00 bits per heavy atom. The number of hydrogen-bond acceptors (Lipinski definition) is 2. The minimum Gasteiger partial charge on any atom is -0.340 e. The number of nitrogens with zero attached hydrogens (tertiary/aromatic N) is 1. The monoisotopic (exact) mass is 268 g/mol. The van der Waals surface area contributed by atoms with E-state index in [0.29, 0.717) is 11.9 Å². The van der Waals surface area contributed by atoms with Crippen LogP contribution in [0.2, 0.25) is 0 Å². The van der Waals surface area contributed by atoms with Crippen LogP contribution in [-0.2, 0) is 4.79 Å². The van der Waals surface area contributed by atoms with Gasteiger partial charge in [0.05, 0.1) is 0 Å². The number of rotatable bonds is 9. The summed E-state index contributed by atoms with van der Waals surface area (Å²) in [5.74, 6) is 0.400. The van der Waals surface area contributed by atoms with E-state index in [9.17, 15) is 4.79 Å². The minimum atomic E-state index is 0.400. The highest BCUT2D eigenvalue weighted by atomic mass is 16.2. The molecule has 0 aliphatic carbocycles. The molecule has 19 heavy (non-hydrogen) atoms. The molecule has 0 saturated carbocycles. The Balaban J connectivity index is 2.26. The van der Waals surface area contributed by atoms with Crippen LogP contribution in [0.25, 0.3) is 0 Å². The van der Waals surface area contributed by atoms with E-state index >= 15 is 0 Å². The van der Waals surface area contributed by atoms with Crippen LogP contribution in [0.4, 0.5) is 0 Å². The van der Waals surface area contributed by atoms with Gasteiger partial charge in [0.2, 0.25) is 5.91 Å². The average Bonchev–Trinajstić information content (AvgIpc) is 2.45. The maximum Gasteiger partial charge on any atom is 0.222 e. The lowest BCUT2D eigenvalue weighted by molar-refractivity contribution is -0.135. The van der Waals surface area contributed by atoms with Gasteiger partial charge >= 0.3 is 0 Å². The molecular formula is C16H32N2O. The van der Waals surface area contributed by atoms with E-state index in [0.717, 1.165) is 32.4 Å². The van der Waals surface area contributed by atoms with Gasteiger partial charge in [0.1, 0.15) is 0 Å². The number of hydrogen-bond donors (Lipinski definition) is 1. The lowest BCUT2D eigenvalue weighted by Gasteiger charge is -2.36. The first-order chi connectivity index (χ1) is 9.29. The van der Waals surface area contributed by atoms with Crippen LogP contribution in [-0.4, -0.2) is 37.0 Å². The van der Waals surface area contributed by atoms with Gasteiger partial charge in [0.25, 0.3) is 0 Å². The third-order valence-corrected chi connectivity index (χ3v) is 4.17. The molecule has 1 aliphatic rings. The van der Waals surface area contributed by atoms with Gasteiger partial charge in [0.15, 0.2) is 0 Å². The number of nitrogens with one attached hydrogen (secondary N) is 1. The van der Waals surface area contributed by atoms with Crippen LogP contribution in [0.3, 0.4) is 0 Å². The zero-order chi connectivity index (χ0) is 13.9. The molecule has 0 aromatic heterocycles. The molecule has 0 bridgehead atoms. The van der Waals surface area contributed by atoms with E-state index < -0.39 is 0 Å². The molecule has 1 atom stereocenters. The van der Waals surface area contributed by atoms with Crippen molar-refractivity contribution in [3.8, 4) is 0 Å². The third kappa shape index (κ3) is 6.42. The highest BCUT2D eigenvalue weighted by molar-refractivity contribution is 5.76. The molecule has 0 spiro atoms. The molecule has 0 aromatic rings. The Labute approximate surface area is 119 Å². The maximum absolute atomic E-state index is 12.3. The Hall–Kier alpha value is -0.570. The standard InChI is InChI=1S/C16H32N2O/c1-3-4-5-6-7-11-16(19)18-14-9-8-10-15(18)12-13-17-2/h15,17H,3-14H2,1-2H3. The zero-order valence-electron chi connectivity index (χ0n) is 12.9. The summed E-state index contributed by atoms with van der Waals surface area (Å²) in [6.45, 7) is 4.23. The van der Waals surface area contributed by atoms with Crippen LogP contribution < -0.4 is 5.32 Å². The van der Waals surface area contributed by atoms with Crippen molar-refractivity contribution in [2.24, 2.45) is 0 Å². The second-order valence-corrected chi connectivity index (χ2v) is 5.79. The number of amides is 1. The molecule has 0 radical (unpaired) electrons. The van der Waals surface area contributed by atoms with Crippen molar-refractivity contribution >= 4 is 5.91 Å². The van der Waals surface area contributed by atoms with Crippen LogP contribution in [0.5, 0.6) is 0 Å². The fraction of sp³-hybridized carbons (Fsp3) is 0.938. The van der Waals surface area contributed by atoms with Crippen molar-refractivity contribution in [1.82, 2.24) is 10.2 Å². The van der Waals surface area contributed by atoms with Gasteiger partial charge < -0.3 is 10.2 Å². The highest BCUT2D eigenvalue weighted by Gasteiger charge is 2.25. The van der Waals surface area contributed by atoms with Gasteiger partial charge in [-0.15, -0.1) is 0 Å². The topological polar surface area (TPSA) is 32.3 Å². The fourth-order valence-electron chi connectivity index (χ4n) is 2.96. The van der Waals surface area contributed by atoms with Gasteiger partial charge in [-0.05, 0) is 45.7 Å². The number of unbranched alkanes of at least 4 members (excludes halogenated alkanes) is 4. The van der Waals surface area contributed by atoms with E-state index in [1.54, 1.807) is 0 Å². The number of carbonyl (C=O) groups is 1. The van der Waals surface area contributed by atoms with Crippen molar-refractivity contribution < 1.29 is 4.79 Å². The van der Waals surface area contributed by atoms with Crippen molar-refractivity contribution in [3.05, 3.63) is 0 Å². The molecule has 1 heterocycles. The van der Waals surface area contributed by atoms with E-state index in [-0.39, 0.29) is 0 Å². The SMILES string of the molecule is CCCCCCCC(=O)N1CCCCC1CCNC. The average molecular weight is 268 g/mol. The lowest BCUT2D eigenvalue weighted by atomic mass is 9.98. The van der Waals surface area contributed by atoms with Gasteiger partial charge in [-0.25, -0.2) is 0 Å². The largest absolute Gasteiger partial charge is 0.340 e. The number of carbonyl (C=O) groups excluding carboxylic acids is 1. The van der Waals surface area contributed by atoms with Crippen LogP contribution in [0.1, 0.15) is 71.1 Å². The summed E-state index contributed by atoms with van der Waals surface area (Å²) in [4.78, 5) is 14.5. The van der Waals surface area contributed by atoms with E-state index in [2.05, 4.69) is 17.1 Å². The van der Waals surface area contributed by atoms with Crippen molar-refractivity contribution in [2.45, 2.75) is 77.2 Å². The van der Waals surface area contributed by atoms with Gasteiger partial charge in [-0.2, -0.15) is 0 Å². The molecule has 1 aliphatic heterocycles. The van der Waals surface area contributed by atoms with E-state index in [4.69, 9.17) is 0 Å². The maximum atomic E-state index is 12.3. The van der Waals surface area contributed by atoms with Crippen molar-refractivity contribution in [3.63, 3.8) is 0 Å². The lowest BCUT2D eigenvalue weighted by Crippen LogP contribution is -2.44. The molecule has 1 fully saturated rings. The number of likely N-dealkylation sites (tertiary alicyclic amines) is 1. The third-order valence-electron chi connectivity index (χ3n) is 4.17. The summed E-state index contributed by atoms with van der Waals surface area (Å²) in [5.41, 5.74) is 0. The van der Waals surface area contributed by atoms with Crippen molar-refractivity contribution in [2.75, 3.05) is 20.1 Å². The zero-order valence-corrected chi connectivity index (χ0v) is 12.9. The molecule has 3 heteroatoms. The predicted molar refractivity (Wildman–Crippen MR) is 81.3 cm³/mol. The second kappa shape index (κ2) is 10.2. The molecule has 1 N–H and O–H groups in total. The molecule has 1 rings (SSSR count). The molecule has 3 nitrogen and oxygen atoms in total. The van der Waals surface area contributed by atoms with Crippen molar-refractivity contribution in [1.29, 1.82) is 0 Å². The second-order valence-electron chi connectivity index (χ2n) is 5.79. The normalized spacial score (nSPS) is 19.7. The molecular weight excluding hydrogens is 236 g/mol.